The van der Waals surface area contributed by atoms with Crippen LogP contribution in [-0.4, -0.2) is 38.9 Å². The average Bonchev–Trinajstić information content (AvgIpc) is 3.34. The maximum absolute atomic E-state index is 13.7. The van der Waals surface area contributed by atoms with Gasteiger partial charge in [-0.3, -0.25) is 4.79 Å². The van der Waals surface area contributed by atoms with Crippen molar-refractivity contribution < 1.29 is 19.4 Å². The second-order valence-corrected chi connectivity index (χ2v) is 9.53. The molecule has 0 saturated carbocycles. The van der Waals surface area contributed by atoms with E-state index in [9.17, 15) is 14.7 Å². The van der Waals surface area contributed by atoms with Crippen LogP contribution in [-0.2, 0) is 10.5 Å². The number of methoxy groups -OCH3 is 1. The molecule has 3 aromatic carbocycles. The smallest absolute Gasteiger partial charge is 0.335 e. The lowest BCUT2D eigenvalue weighted by molar-refractivity contribution is -0.113. The minimum atomic E-state index is -1.02. The van der Waals surface area contributed by atoms with Crippen LogP contribution >= 0.6 is 11.8 Å². The lowest BCUT2D eigenvalue weighted by Gasteiger charge is -2.28. The number of carboxylic acids is 1. The number of hydrogen-bond donors (Lipinski definition) is 3. The molecule has 0 spiro atoms. The Morgan fingerprint density at radius 1 is 1.05 bits per heavy atom. The molecule has 9 nitrogen and oxygen atoms in total. The molecule has 2 heterocycles. The van der Waals surface area contributed by atoms with E-state index >= 15 is 0 Å². The summed E-state index contributed by atoms with van der Waals surface area (Å²) in [6.07, 6.45) is 0. The lowest BCUT2D eigenvalue weighted by Crippen LogP contribution is -2.31. The molecule has 1 aliphatic rings. The van der Waals surface area contributed by atoms with Crippen LogP contribution in [0.25, 0.3) is 0 Å². The molecule has 0 radical (unpaired) electrons. The number of nitrogens with one attached hydrogen (secondary N) is 2. The van der Waals surface area contributed by atoms with Gasteiger partial charge in [-0.15, -0.1) is 5.10 Å². The summed E-state index contributed by atoms with van der Waals surface area (Å²) < 4.78 is 7.07. The first-order chi connectivity index (χ1) is 18.4. The number of carbonyl (C=O) groups excluding carboxylic acids is 1. The largest absolute Gasteiger partial charge is 0.495 e. The van der Waals surface area contributed by atoms with Gasteiger partial charge in [0.1, 0.15) is 11.8 Å². The summed E-state index contributed by atoms with van der Waals surface area (Å²) in [6, 6.07) is 23.0. The van der Waals surface area contributed by atoms with Gasteiger partial charge in [0.2, 0.25) is 11.1 Å². The Hall–Kier alpha value is -4.57. The van der Waals surface area contributed by atoms with Crippen LogP contribution in [0.1, 0.15) is 34.5 Å². The normalized spacial score (nSPS) is 14.4. The van der Waals surface area contributed by atoms with Crippen molar-refractivity contribution in [1.29, 1.82) is 0 Å². The summed E-state index contributed by atoms with van der Waals surface area (Å²) in [6.45, 7) is 1.81. The number of thioether (sulfide) groups is 1. The van der Waals surface area contributed by atoms with Gasteiger partial charge in [0.25, 0.3) is 5.91 Å². The zero-order valence-corrected chi connectivity index (χ0v) is 21.5. The number of carboxylic acid groups (broad SMARTS) is 1. The number of hydrogen-bond acceptors (Lipinski definition) is 7. The highest BCUT2D eigenvalue weighted by atomic mass is 32.2. The Kier molecular flexibility index (Phi) is 7.14. The highest BCUT2D eigenvalue weighted by Crippen LogP contribution is 2.37. The van der Waals surface area contributed by atoms with Gasteiger partial charge in [-0.1, -0.05) is 66.4 Å². The van der Waals surface area contributed by atoms with E-state index in [0.29, 0.717) is 45.1 Å². The third-order valence-corrected chi connectivity index (χ3v) is 7.03. The summed E-state index contributed by atoms with van der Waals surface area (Å²) >= 11 is 1.49. The van der Waals surface area contributed by atoms with Crippen LogP contribution in [0.5, 0.6) is 5.75 Å². The third kappa shape index (κ3) is 5.12. The Bertz CT molecular complexity index is 1520. The monoisotopic (exact) mass is 527 g/mol. The third-order valence-electron chi connectivity index (χ3n) is 6.12. The van der Waals surface area contributed by atoms with E-state index in [2.05, 4.69) is 15.6 Å². The van der Waals surface area contributed by atoms with Gasteiger partial charge in [0, 0.05) is 11.4 Å². The first kappa shape index (κ1) is 25.1. The van der Waals surface area contributed by atoms with Gasteiger partial charge >= 0.3 is 5.97 Å². The fraction of sp³-hybridized carbons (Fsp3) is 0.143. The number of benzene rings is 3. The van der Waals surface area contributed by atoms with E-state index in [1.807, 2.05) is 49.4 Å². The highest BCUT2D eigenvalue weighted by Gasteiger charge is 2.34. The van der Waals surface area contributed by atoms with E-state index < -0.39 is 12.0 Å². The SMILES string of the molecule is COc1ccccc1NC(=O)C1=C(C)Nc2nc(SCc3ccccc3)nn2C1c1ccc(C(=O)O)cc1. The maximum atomic E-state index is 13.7. The molecular formula is C28H25N5O4S. The second-order valence-electron chi connectivity index (χ2n) is 8.58. The molecule has 1 amide bonds. The van der Waals surface area contributed by atoms with Crippen LogP contribution in [0.4, 0.5) is 11.6 Å². The zero-order chi connectivity index (χ0) is 26.6. The number of nitrogens with zero attached hydrogens (tertiary/aromatic N) is 3. The number of anilines is 2. The summed E-state index contributed by atoms with van der Waals surface area (Å²) in [4.78, 5) is 29.8. The summed E-state index contributed by atoms with van der Waals surface area (Å²) in [5.41, 5.74) is 3.57. The van der Waals surface area contributed by atoms with Crippen molar-refractivity contribution in [3.05, 3.63) is 107 Å². The molecule has 1 atom stereocenters. The predicted molar refractivity (Wildman–Crippen MR) is 146 cm³/mol. The number of ether oxygens (including phenoxy) is 1. The molecular weight excluding hydrogens is 502 g/mol. The fourth-order valence-electron chi connectivity index (χ4n) is 4.26. The van der Waals surface area contributed by atoms with Crippen molar-refractivity contribution in [2.24, 2.45) is 0 Å². The van der Waals surface area contributed by atoms with Gasteiger partial charge in [-0.2, -0.15) is 4.98 Å². The van der Waals surface area contributed by atoms with Gasteiger partial charge in [-0.25, -0.2) is 9.48 Å². The molecule has 1 unspecified atom stereocenters. The van der Waals surface area contributed by atoms with Gasteiger partial charge < -0.3 is 20.5 Å². The van der Waals surface area contributed by atoms with Crippen LogP contribution in [0.3, 0.4) is 0 Å². The number of aromatic carboxylic acids is 1. The van der Waals surface area contributed by atoms with Crippen molar-refractivity contribution in [2.45, 2.75) is 23.9 Å². The van der Waals surface area contributed by atoms with E-state index in [1.165, 1.54) is 23.9 Å². The second kappa shape index (κ2) is 10.8. The molecule has 10 heteroatoms. The Balaban J connectivity index is 1.51. The number of amides is 1. The summed E-state index contributed by atoms with van der Waals surface area (Å²) in [7, 11) is 1.54. The molecule has 5 rings (SSSR count). The molecule has 1 aromatic heterocycles. The number of carbonyl (C=O) groups is 2. The van der Waals surface area contributed by atoms with Gasteiger partial charge in [0.15, 0.2) is 0 Å². The molecule has 192 valence electrons. The highest BCUT2D eigenvalue weighted by molar-refractivity contribution is 7.98. The van der Waals surface area contributed by atoms with Crippen LogP contribution in [0.15, 0.2) is 95.3 Å². The molecule has 0 saturated heterocycles. The van der Waals surface area contributed by atoms with Crippen molar-refractivity contribution in [3.8, 4) is 5.75 Å². The fourth-order valence-corrected chi connectivity index (χ4v) is 5.05. The maximum Gasteiger partial charge on any atom is 0.335 e. The molecule has 1 aliphatic heterocycles. The molecule has 4 aromatic rings. The van der Waals surface area contributed by atoms with E-state index in [4.69, 9.17) is 9.84 Å². The summed E-state index contributed by atoms with van der Waals surface area (Å²) in [5.74, 6) is 0.358. The quantitative estimate of drug-likeness (QED) is 0.268. The molecule has 38 heavy (non-hydrogen) atoms. The zero-order valence-electron chi connectivity index (χ0n) is 20.7. The number of para-hydroxylation sites is 2. The standard InChI is InChI=1S/C28H25N5O4S/c1-17-23(25(34)30-21-10-6-7-11-22(21)37-2)24(19-12-14-20(15-13-19)26(35)36)33-27(29-17)31-28(32-33)38-16-18-8-4-3-5-9-18/h3-15,24H,16H2,1-2H3,(H,30,34)(H,35,36)(H,29,31,32). The number of fused-ring (bicyclic) bond motifs is 1. The lowest BCUT2D eigenvalue weighted by atomic mass is 9.94. The number of aromatic nitrogens is 3. The van der Waals surface area contributed by atoms with Crippen LogP contribution < -0.4 is 15.4 Å². The Morgan fingerprint density at radius 3 is 2.47 bits per heavy atom. The predicted octanol–water partition coefficient (Wildman–Crippen LogP) is 5.20. The first-order valence-corrected chi connectivity index (χ1v) is 12.8. The first-order valence-electron chi connectivity index (χ1n) is 11.8. The minimum Gasteiger partial charge on any atom is -0.495 e. The van der Waals surface area contributed by atoms with Crippen molar-refractivity contribution in [3.63, 3.8) is 0 Å². The molecule has 0 fully saturated rings. The number of rotatable bonds is 8. The average molecular weight is 528 g/mol. The van der Waals surface area contributed by atoms with E-state index in [1.54, 1.807) is 36.1 Å². The van der Waals surface area contributed by atoms with Crippen molar-refractivity contribution >= 4 is 35.3 Å². The molecule has 3 N–H and O–H groups in total. The van der Waals surface area contributed by atoms with Gasteiger partial charge in [-0.05, 0) is 42.3 Å². The number of allylic oxidation sites excluding steroid dienone is 1. The van der Waals surface area contributed by atoms with E-state index in [-0.39, 0.29) is 11.5 Å². The van der Waals surface area contributed by atoms with Gasteiger partial charge in [0.05, 0.1) is 23.9 Å². The van der Waals surface area contributed by atoms with Crippen molar-refractivity contribution in [2.75, 3.05) is 17.7 Å². The topological polar surface area (TPSA) is 118 Å². The van der Waals surface area contributed by atoms with E-state index in [0.717, 1.165) is 5.56 Å². The Labute approximate surface area is 223 Å². The van der Waals surface area contributed by atoms with Crippen LogP contribution in [0.2, 0.25) is 0 Å². The summed E-state index contributed by atoms with van der Waals surface area (Å²) in [5, 5.41) is 20.8. The minimum absolute atomic E-state index is 0.154. The molecule has 0 bridgehead atoms. The molecule has 0 aliphatic carbocycles. The Morgan fingerprint density at radius 2 is 1.76 bits per heavy atom. The van der Waals surface area contributed by atoms with Crippen LogP contribution in [0, 0.1) is 0 Å². The van der Waals surface area contributed by atoms with Crippen molar-refractivity contribution in [1.82, 2.24) is 14.8 Å².